The first-order valence-electron chi connectivity index (χ1n) is 7.84. The smallest absolute Gasteiger partial charge is 0.276 e. The average molecular weight is 389 g/mol. The number of nitrogens with one attached hydrogen (secondary N) is 1. The van der Waals surface area contributed by atoms with E-state index in [2.05, 4.69) is 5.32 Å². The topological polar surface area (TPSA) is 50.8 Å². The standard InChI is InChI=1S/C19H17ClN2O3S/c1-22-18(23)15(21-19(22)26)9-13-5-8-16(17(10-13)24-2)25-11-12-3-6-14(20)7-4-12/h3-10H,11H2,1-2H3,(H,21,26)/b15-9-. The fourth-order valence-electron chi connectivity index (χ4n) is 2.42. The maximum Gasteiger partial charge on any atom is 0.276 e. The molecule has 0 spiro atoms. The molecule has 1 N–H and O–H groups in total. The van der Waals surface area contributed by atoms with Gasteiger partial charge in [0.1, 0.15) is 12.3 Å². The van der Waals surface area contributed by atoms with E-state index in [9.17, 15) is 4.79 Å². The predicted molar refractivity (Wildman–Crippen MR) is 105 cm³/mol. The van der Waals surface area contributed by atoms with Crippen LogP contribution in [0.3, 0.4) is 0 Å². The highest BCUT2D eigenvalue weighted by Crippen LogP contribution is 2.30. The van der Waals surface area contributed by atoms with Gasteiger partial charge in [0.25, 0.3) is 5.91 Å². The number of methoxy groups -OCH3 is 1. The van der Waals surface area contributed by atoms with E-state index >= 15 is 0 Å². The molecular formula is C19H17ClN2O3S. The van der Waals surface area contributed by atoms with Gasteiger partial charge in [-0.15, -0.1) is 0 Å². The maximum atomic E-state index is 12.1. The summed E-state index contributed by atoms with van der Waals surface area (Å²) in [6.45, 7) is 0.396. The normalized spacial score (nSPS) is 15.3. The molecule has 2 aromatic rings. The van der Waals surface area contributed by atoms with Crippen LogP contribution in [0, 0.1) is 0 Å². The molecule has 3 rings (SSSR count). The molecule has 5 nitrogen and oxygen atoms in total. The predicted octanol–water partition coefficient (Wildman–Crippen LogP) is 3.62. The van der Waals surface area contributed by atoms with Gasteiger partial charge in [-0.3, -0.25) is 9.69 Å². The van der Waals surface area contributed by atoms with Crippen LogP contribution in [-0.4, -0.2) is 30.1 Å². The molecule has 0 saturated carbocycles. The van der Waals surface area contributed by atoms with E-state index in [1.165, 1.54) is 4.90 Å². The van der Waals surface area contributed by atoms with Gasteiger partial charge in [-0.25, -0.2) is 0 Å². The monoisotopic (exact) mass is 388 g/mol. The largest absolute Gasteiger partial charge is 0.493 e. The Kier molecular flexibility index (Phi) is 5.44. The van der Waals surface area contributed by atoms with E-state index in [1.807, 2.05) is 36.4 Å². The average Bonchev–Trinajstić information content (AvgIpc) is 2.88. The lowest BCUT2D eigenvalue weighted by Crippen LogP contribution is -2.25. The number of amides is 1. The molecule has 1 amide bonds. The van der Waals surface area contributed by atoms with Crippen LogP contribution in [0.15, 0.2) is 48.2 Å². The first-order chi connectivity index (χ1) is 12.5. The molecule has 0 bridgehead atoms. The van der Waals surface area contributed by atoms with Crippen molar-refractivity contribution >= 4 is 40.9 Å². The number of benzene rings is 2. The molecule has 0 unspecified atom stereocenters. The summed E-state index contributed by atoms with van der Waals surface area (Å²) in [6.07, 6.45) is 1.73. The molecule has 1 heterocycles. The highest BCUT2D eigenvalue weighted by atomic mass is 35.5. The first-order valence-corrected chi connectivity index (χ1v) is 8.62. The minimum Gasteiger partial charge on any atom is -0.493 e. The van der Waals surface area contributed by atoms with Crippen molar-refractivity contribution in [3.63, 3.8) is 0 Å². The second kappa shape index (κ2) is 7.76. The van der Waals surface area contributed by atoms with Gasteiger partial charge in [0.05, 0.1) is 7.11 Å². The molecule has 0 aliphatic carbocycles. The number of carbonyl (C=O) groups is 1. The molecule has 1 aliphatic rings. The number of hydrogen-bond donors (Lipinski definition) is 1. The van der Waals surface area contributed by atoms with Crippen LogP contribution in [0.4, 0.5) is 0 Å². The summed E-state index contributed by atoms with van der Waals surface area (Å²) in [5.41, 5.74) is 2.23. The number of ether oxygens (including phenoxy) is 2. The summed E-state index contributed by atoms with van der Waals surface area (Å²) >= 11 is 11.0. The van der Waals surface area contributed by atoms with Gasteiger partial charge < -0.3 is 14.8 Å². The summed E-state index contributed by atoms with van der Waals surface area (Å²) in [7, 11) is 3.20. The Morgan fingerprint density at radius 1 is 1.19 bits per heavy atom. The van der Waals surface area contributed by atoms with E-state index in [1.54, 1.807) is 26.3 Å². The first kappa shape index (κ1) is 18.2. The van der Waals surface area contributed by atoms with E-state index in [0.717, 1.165) is 11.1 Å². The van der Waals surface area contributed by atoms with E-state index < -0.39 is 0 Å². The number of halogens is 1. The number of thiocarbonyl (C=S) groups is 1. The Labute approximate surface area is 162 Å². The van der Waals surface area contributed by atoms with Gasteiger partial charge >= 0.3 is 0 Å². The molecule has 0 radical (unpaired) electrons. The van der Waals surface area contributed by atoms with Crippen molar-refractivity contribution in [2.24, 2.45) is 0 Å². The number of likely N-dealkylation sites (N-methyl/N-ethyl adjacent to an activating group) is 1. The lowest BCUT2D eigenvalue weighted by Gasteiger charge is -2.11. The molecule has 26 heavy (non-hydrogen) atoms. The molecule has 1 fully saturated rings. The van der Waals surface area contributed by atoms with Gasteiger partial charge in [0, 0.05) is 12.1 Å². The third-order valence-corrected chi connectivity index (χ3v) is 4.52. The maximum absolute atomic E-state index is 12.1. The van der Waals surface area contributed by atoms with Crippen molar-refractivity contribution < 1.29 is 14.3 Å². The number of hydrogen-bond acceptors (Lipinski definition) is 4. The minimum absolute atomic E-state index is 0.169. The molecule has 2 aromatic carbocycles. The Bertz CT molecular complexity index is 881. The number of rotatable bonds is 5. The second-order valence-corrected chi connectivity index (χ2v) is 6.50. The molecule has 1 saturated heterocycles. The fourth-order valence-corrected chi connectivity index (χ4v) is 2.74. The number of carbonyl (C=O) groups excluding carboxylic acids is 1. The Morgan fingerprint density at radius 3 is 2.54 bits per heavy atom. The van der Waals surface area contributed by atoms with Crippen LogP contribution in [0.25, 0.3) is 6.08 Å². The molecular weight excluding hydrogens is 372 g/mol. The van der Waals surface area contributed by atoms with Crippen molar-refractivity contribution in [3.05, 3.63) is 64.3 Å². The summed E-state index contributed by atoms with van der Waals surface area (Å²) in [6, 6.07) is 12.9. The molecule has 7 heteroatoms. The van der Waals surface area contributed by atoms with Crippen LogP contribution in [-0.2, 0) is 11.4 Å². The van der Waals surface area contributed by atoms with Gasteiger partial charge in [-0.2, -0.15) is 0 Å². The third kappa shape index (κ3) is 3.98. The van der Waals surface area contributed by atoms with Crippen LogP contribution in [0.2, 0.25) is 5.02 Å². The van der Waals surface area contributed by atoms with E-state index in [4.69, 9.17) is 33.3 Å². The van der Waals surface area contributed by atoms with E-state index in [0.29, 0.717) is 33.9 Å². The summed E-state index contributed by atoms with van der Waals surface area (Å²) in [5, 5.41) is 3.96. The lowest BCUT2D eigenvalue weighted by atomic mass is 10.1. The van der Waals surface area contributed by atoms with Crippen molar-refractivity contribution in [3.8, 4) is 11.5 Å². The van der Waals surface area contributed by atoms with Gasteiger partial charge in [0.2, 0.25) is 0 Å². The fraction of sp³-hybridized carbons (Fsp3) is 0.158. The Hall–Kier alpha value is -2.57. The van der Waals surface area contributed by atoms with Crippen LogP contribution >= 0.6 is 23.8 Å². The van der Waals surface area contributed by atoms with Gasteiger partial charge in [0.15, 0.2) is 16.6 Å². The van der Waals surface area contributed by atoms with Crippen LogP contribution in [0.1, 0.15) is 11.1 Å². The van der Waals surface area contributed by atoms with Crippen LogP contribution < -0.4 is 14.8 Å². The zero-order valence-electron chi connectivity index (χ0n) is 14.3. The highest BCUT2D eigenvalue weighted by molar-refractivity contribution is 7.80. The SMILES string of the molecule is COc1cc(/C=C2\NC(=S)N(C)C2=O)ccc1OCc1ccc(Cl)cc1. The van der Waals surface area contributed by atoms with Gasteiger partial charge in [-0.1, -0.05) is 29.8 Å². The second-order valence-electron chi connectivity index (χ2n) is 5.68. The highest BCUT2D eigenvalue weighted by Gasteiger charge is 2.26. The minimum atomic E-state index is -0.169. The zero-order valence-corrected chi connectivity index (χ0v) is 15.9. The summed E-state index contributed by atoms with van der Waals surface area (Å²) in [4.78, 5) is 13.5. The third-order valence-electron chi connectivity index (χ3n) is 3.89. The summed E-state index contributed by atoms with van der Waals surface area (Å²) < 4.78 is 11.2. The quantitative estimate of drug-likeness (QED) is 0.626. The molecule has 1 aliphatic heterocycles. The van der Waals surface area contributed by atoms with Crippen molar-refractivity contribution in [2.75, 3.05) is 14.2 Å². The van der Waals surface area contributed by atoms with Crippen LogP contribution in [0.5, 0.6) is 11.5 Å². The Balaban J connectivity index is 1.76. The molecule has 134 valence electrons. The van der Waals surface area contributed by atoms with Crippen molar-refractivity contribution in [1.29, 1.82) is 0 Å². The molecule has 0 atom stereocenters. The zero-order chi connectivity index (χ0) is 18.7. The van der Waals surface area contributed by atoms with E-state index in [-0.39, 0.29) is 5.91 Å². The summed E-state index contributed by atoms with van der Waals surface area (Å²) in [5.74, 6) is 1.02. The van der Waals surface area contributed by atoms with Crippen molar-refractivity contribution in [1.82, 2.24) is 10.2 Å². The molecule has 0 aromatic heterocycles. The van der Waals surface area contributed by atoms with Gasteiger partial charge in [-0.05, 0) is 53.7 Å². The lowest BCUT2D eigenvalue weighted by molar-refractivity contribution is -0.121. The van der Waals surface area contributed by atoms with Crippen molar-refractivity contribution in [2.45, 2.75) is 6.61 Å². The Morgan fingerprint density at radius 2 is 1.92 bits per heavy atom. The number of nitrogens with zero attached hydrogens (tertiary/aromatic N) is 1.